The smallest absolute Gasteiger partial charge is 0.266 e. The molecule has 0 amide bonds. The number of hydrogen-bond acceptors (Lipinski definition) is 6. The van der Waals surface area contributed by atoms with Crippen molar-refractivity contribution in [2.45, 2.75) is 19.0 Å². The lowest BCUT2D eigenvalue weighted by Gasteiger charge is -2.15. The predicted molar refractivity (Wildman–Crippen MR) is 143 cm³/mol. The number of benzene rings is 3. The van der Waals surface area contributed by atoms with Gasteiger partial charge in [0, 0.05) is 7.05 Å². The molecular weight excluding hydrogens is 470 g/mol. The number of nitriles is 1. The minimum Gasteiger partial charge on any atom is -0.510 e. The molecule has 5 aromatic rings. The van der Waals surface area contributed by atoms with Gasteiger partial charge in [0.15, 0.2) is 11.0 Å². The molecule has 2 heterocycles. The normalized spacial score (nSPS) is 12.1. The molecule has 0 aliphatic carbocycles. The quantitative estimate of drug-likeness (QED) is 0.151. The largest absolute Gasteiger partial charge is 0.510 e. The summed E-state index contributed by atoms with van der Waals surface area (Å²) in [5, 5.41) is 21.8. The summed E-state index contributed by atoms with van der Waals surface area (Å²) in [5.74, 6) is 0.299. The molecule has 5 rings (SSSR count). The van der Waals surface area contributed by atoms with Crippen molar-refractivity contribution < 1.29 is 5.11 Å². The molecule has 7 nitrogen and oxygen atoms in total. The molecule has 0 radical (unpaired) electrons. The van der Waals surface area contributed by atoms with Gasteiger partial charge < -0.3 is 9.67 Å². The maximum absolute atomic E-state index is 13.6. The number of fused-ring (bicyclic) bond motifs is 2. The Morgan fingerprint density at radius 3 is 2.47 bits per heavy atom. The van der Waals surface area contributed by atoms with Crippen molar-refractivity contribution in [2.75, 3.05) is 5.75 Å². The van der Waals surface area contributed by atoms with E-state index in [9.17, 15) is 15.2 Å². The molecule has 0 bridgehead atoms. The highest BCUT2D eigenvalue weighted by atomic mass is 32.2. The van der Waals surface area contributed by atoms with E-state index in [-0.39, 0.29) is 22.6 Å². The zero-order chi connectivity index (χ0) is 25.4. The van der Waals surface area contributed by atoms with E-state index in [4.69, 9.17) is 4.98 Å². The van der Waals surface area contributed by atoms with Gasteiger partial charge in [0.1, 0.15) is 17.4 Å². The van der Waals surface area contributed by atoms with Gasteiger partial charge >= 0.3 is 0 Å². The summed E-state index contributed by atoms with van der Waals surface area (Å²) < 4.78 is 3.37. The van der Waals surface area contributed by atoms with Gasteiger partial charge in [-0.3, -0.25) is 9.36 Å². The number of nitrogens with zero attached hydrogens (tertiary/aromatic N) is 5. The van der Waals surface area contributed by atoms with Gasteiger partial charge in [0.05, 0.1) is 33.4 Å². The molecule has 1 N–H and O–H groups in total. The lowest BCUT2D eigenvalue weighted by atomic mass is 10.1. The second-order valence-corrected chi connectivity index (χ2v) is 9.49. The van der Waals surface area contributed by atoms with E-state index < -0.39 is 0 Å². The van der Waals surface area contributed by atoms with Gasteiger partial charge in [-0.2, -0.15) is 5.26 Å². The Morgan fingerprint density at radius 2 is 1.75 bits per heavy atom. The Balaban J connectivity index is 1.60. The van der Waals surface area contributed by atoms with Crippen molar-refractivity contribution in [3.05, 3.63) is 99.8 Å². The molecular formula is C28H23N5O2S. The van der Waals surface area contributed by atoms with E-state index in [0.717, 1.165) is 27.8 Å². The Morgan fingerprint density at radius 1 is 1.03 bits per heavy atom. The van der Waals surface area contributed by atoms with Gasteiger partial charge in [-0.15, -0.1) is 0 Å². The van der Waals surface area contributed by atoms with Gasteiger partial charge in [0.2, 0.25) is 0 Å². The zero-order valence-electron chi connectivity index (χ0n) is 20.1. The summed E-state index contributed by atoms with van der Waals surface area (Å²) in [4.78, 5) is 22.8. The average Bonchev–Trinajstić information content (AvgIpc) is 3.20. The van der Waals surface area contributed by atoms with E-state index in [1.165, 1.54) is 11.8 Å². The van der Waals surface area contributed by atoms with Crippen molar-refractivity contribution in [3.8, 4) is 11.8 Å². The molecule has 0 atom stereocenters. The fraction of sp³-hybridized carbons (Fsp3) is 0.143. The minimum absolute atomic E-state index is 0.0434. The van der Waals surface area contributed by atoms with Crippen molar-refractivity contribution >= 4 is 39.3 Å². The third kappa shape index (κ3) is 4.04. The van der Waals surface area contributed by atoms with Crippen molar-refractivity contribution in [1.29, 1.82) is 5.26 Å². The van der Waals surface area contributed by atoms with E-state index in [2.05, 4.69) is 11.1 Å². The Labute approximate surface area is 212 Å². The molecule has 0 aliphatic rings. The SMILES string of the molecule is Cc1ccc(-n2c(SC/C(O)=C(/C#N)c3nc4ccccc4n3C)nc3ccccc3c2=O)c(C)c1. The van der Waals surface area contributed by atoms with Gasteiger partial charge in [-0.25, -0.2) is 9.97 Å². The number of aryl methyl sites for hydroxylation is 3. The van der Waals surface area contributed by atoms with Crippen molar-refractivity contribution in [3.63, 3.8) is 0 Å². The highest BCUT2D eigenvalue weighted by Gasteiger charge is 2.19. The maximum atomic E-state index is 13.6. The Bertz CT molecular complexity index is 1780. The number of para-hydroxylation sites is 3. The first kappa shape index (κ1) is 23.4. The zero-order valence-corrected chi connectivity index (χ0v) is 20.9. The monoisotopic (exact) mass is 493 g/mol. The number of allylic oxidation sites excluding steroid dienone is 1. The first-order chi connectivity index (χ1) is 17.4. The number of hydrogen-bond donors (Lipinski definition) is 1. The van der Waals surface area contributed by atoms with Gasteiger partial charge in [-0.1, -0.05) is 53.7 Å². The summed E-state index contributed by atoms with van der Waals surface area (Å²) in [7, 11) is 1.81. The lowest BCUT2D eigenvalue weighted by molar-refractivity contribution is 0.420. The van der Waals surface area contributed by atoms with Crippen LogP contribution in [0, 0.1) is 25.2 Å². The Hall–Kier alpha value is -4.35. The van der Waals surface area contributed by atoms with Crippen LogP contribution in [0.1, 0.15) is 17.0 Å². The predicted octanol–water partition coefficient (Wildman–Crippen LogP) is 5.47. The first-order valence-electron chi connectivity index (χ1n) is 11.4. The van der Waals surface area contributed by atoms with Crippen LogP contribution in [0.2, 0.25) is 0 Å². The van der Waals surface area contributed by atoms with Crippen molar-refractivity contribution in [1.82, 2.24) is 19.1 Å². The standard InChI is InChI=1S/C28H23N5O2S/c1-17-12-13-23(18(2)14-17)33-27(35)19-8-4-5-9-21(19)31-28(33)36-16-25(34)20(15-29)26-30-22-10-6-7-11-24(22)32(26)3/h4-14,34H,16H2,1-3H3/b25-20+. The third-order valence-corrected chi connectivity index (χ3v) is 7.04. The highest BCUT2D eigenvalue weighted by molar-refractivity contribution is 7.99. The molecule has 0 saturated heterocycles. The number of aromatic nitrogens is 4. The molecule has 2 aromatic heterocycles. The van der Waals surface area contributed by atoms with Crippen LogP contribution in [0.25, 0.3) is 33.2 Å². The summed E-state index contributed by atoms with van der Waals surface area (Å²) >= 11 is 1.20. The van der Waals surface area contributed by atoms with Crippen LogP contribution in [0.15, 0.2) is 82.4 Å². The molecule has 0 spiro atoms. The molecule has 0 unspecified atom stereocenters. The summed E-state index contributed by atoms with van der Waals surface area (Å²) in [6.07, 6.45) is 0. The molecule has 0 fully saturated rings. The molecule has 3 aromatic carbocycles. The number of aliphatic hydroxyl groups excluding tert-OH is 1. The summed E-state index contributed by atoms with van der Waals surface area (Å²) in [5.41, 5.74) is 4.83. The van der Waals surface area contributed by atoms with Gasteiger partial charge in [0.25, 0.3) is 5.56 Å². The fourth-order valence-electron chi connectivity index (χ4n) is 4.30. The molecule has 36 heavy (non-hydrogen) atoms. The highest BCUT2D eigenvalue weighted by Crippen LogP contribution is 2.28. The third-order valence-electron chi connectivity index (χ3n) is 6.09. The molecule has 0 aliphatic heterocycles. The van der Waals surface area contributed by atoms with Crippen molar-refractivity contribution in [2.24, 2.45) is 7.05 Å². The molecule has 178 valence electrons. The number of aliphatic hydroxyl groups is 1. The number of rotatable bonds is 5. The van der Waals surface area contributed by atoms with Crippen LogP contribution in [-0.4, -0.2) is 30.0 Å². The van der Waals surface area contributed by atoms with Crippen LogP contribution < -0.4 is 5.56 Å². The minimum atomic E-state index is -0.186. The van der Waals surface area contributed by atoms with Crippen LogP contribution in [0.3, 0.4) is 0 Å². The molecule has 0 saturated carbocycles. The van der Waals surface area contributed by atoms with Crippen LogP contribution in [0.5, 0.6) is 0 Å². The topological polar surface area (TPSA) is 96.7 Å². The van der Waals surface area contributed by atoms with Crippen LogP contribution >= 0.6 is 11.8 Å². The second kappa shape index (κ2) is 9.36. The van der Waals surface area contributed by atoms with E-state index >= 15 is 0 Å². The second-order valence-electron chi connectivity index (χ2n) is 8.55. The van der Waals surface area contributed by atoms with Crippen LogP contribution in [0.4, 0.5) is 0 Å². The number of thioether (sulfide) groups is 1. The average molecular weight is 494 g/mol. The Kier molecular flexibility index (Phi) is 6.08. The molecule has 8 heteroatoms. The van der Waals surface area contributed by atoms with E-state index in [0.29, 0.717) is 21.9 Å². The van der Waals surface area contributed by atoms with E-state index in [1.807, 2.05) is 75.5 Å². The first-order valence-corrected chi connectivity index (χ1v) is 12.3. The summed E-state index contributed by atoms with van der Waals surface area (Å²) in [6, 6.07) is 22.7. The van der Waals surface area contributed by atoms with Gasteiger partial charge in [-0.05, 0) is 49.7 Å². The fourth-order valence-corrected chi connectivity index (χ4v) is 5.18. The van der Waals surface area contributed by atoms with E-state index in [1.54, 1.807) is 21.3 Å². The lowest BCUT2D eigenvalue weighted by Crippen LogP contribution is -2.22. The number of imidazole rings is 1. The summed E-state index contributed by atoms with van der Waals surface area (Å²) in [6.45, 7) is 3.95. The maximum Gasteiger partial charge on any atom is 0.266 e. The van der Waals surface area contributed by atoms with Crippen LogP contribution in [-0.2, 0) is 7.05 Å².